The highest BCUT2D eigenvalue weighted by Gasteiger charge is 2.21. The van der Waals surface area contributed by atoms with Gasteiger partial charge in [0.2, 0.25) is 0 Å². The van der Waals surface area contributed by atoms with Crippen LogP contribution in [0.3, 0.4) is 0 Å². The van der Waals surface area contributed by atoms with E-state index in [0.717, 1.165) is 23.1 Å². The van der Waals surface area contributed by atoms with Gasteiger partial charge in [0.15, 0.2) is 0 Å². The zero-order chi connectivity index (χ0) is 14.0. The van der Waals surface area contributed by atoms with Gasteiger partial charge in [0, 0.05) is 36.2 Å². The molecule has 0 saturated heterocycles. The summed E-state index contributed by atoms with van der Waals surface area (Å²) < 4.78 is 2.04. The molecule has 0 aliphatic carbocycles. The van der Waals surface area contributed by atoms with Crippen LogP contribution in [0, 0.1) is 0 Å². The molecule has 104 valence electrons. The number of hydrogen-bond acceptors (Lipinski definition) is 4. The molecular formula is C14H21N3OS. The van der Waals surface area contributed by atoms with Gasteiger partial charge in [-0.25, -0.2) is 9.97 Å². The van der Waals surface area contributed by atoms with Crippen LogP contribution in [0.1, 0.15) is 50.3 Å². The van der Waals surface area contributed by atoms with Crippen LogP contribution in [-0.4, -0.2) is 19.6 Å². The first-order chi connectivity index (χ1) is 8.91. The molecule has 0 aromatic carbocycles. The number of hydrogen-bond donors (Lipinski definition) is 1. The van der Waals surface area contributed by atoms with E-state index < -0.39 is 6.10 Å². The van der Waals surface area contributed by atoms with Gasteiger partial charge in [0.05, 0.1) is 10.7 Å². The van der Waals surface area contributed by atoms with Gasteiger partial charge in [-0.05, 0) is 6.92 Å². The van der Waals surface area contributed by atoms with Crippen LogP contribution >= 0.6 is 11.3 Å². The van der Waals surface area contributed by atoms with Crippen LogP contribution in [0.4, 0.5) is 0 Å². The van der Waals surface area contributed by atoms with Crippen LogP contribution in [0.25, 0.3) is 0 Å². The number of aliphatic hydroxyl groups excluding tert-OH is 1. The van der Waals surface area contributed by atoms with Crippen molar-refractivity contribution in [1.82, 2.24) is 14.5 Å². The fourth-order valence-corrected chi connectivity index (χ4v) is 2.83. The summed E-state index contributed by atoms with van der Waals surface area (Å²) in [6, 6.07) is 0. The fourth-order valence-electron chi connectivity index (χ4n) is 1.88. The largest absolute Gasteiger partial charge is 0.386 e. The third kappa shape index (κ3) is 3.22. The van der Waals surface area contributed by atoms with E-state index in [-0.39, 0.29) is 5.41 Å². The van der Waals surface area contributed by atoms with Gasteiger partial charge in [-0.15, -0.1) is 11.3 Å². The molecule has 0 aliphatic rings. The standard InChI is InChI=1S/C14H21N3OS/c1-5-17-7-6-15-12(17)8-11(18)10-9-19-13(16-10)14(2,3)4/h6-7,9,11,18H,5,8H2,1-4H3. The molecule has 1 atom stereocenters. The fraction of sp³-hybridized carbons (Fsp3) is 0.571. The van der Waals surface area contributed by atoms with E-state index >= 15 is 0 Å². The van der Waals surface area contributed by atoms with Crippen LogP contribution in [0.5, 0.6) is 0 Å². The molecule has 1 unspecified atom stereocenters. The first-order valence-corrected chi connectivity index (χ1v) is 7.43. The molecule has 5 heteroatoms. The second-order valence-corrected chi connectivity index (χ2v) is 6.54. The van der Waals surface area contributed by atoms with Crippen LogP contribution in [-0.2, 0) is 18.4 Å². The Bertz CT molecular complexity index is 539. The monoisotopic (exact) mass is 279 g/mol. The quantitative estimate of drug-likeness (QED) is 0.936. The van der Waals surface area contributed by atoms with Crippen molar-refractivity contribution >= 4 is 11.3 Å². The molecule has 0 bridgehead atoms. The molecule has 1 N–H and O–H groups in total. The number of imidazole rings is 1. The van der Waals surface area contributed by atoms with Gasteiger partial charge in [-0.2, -0.15) is 0 Å². The van der Waals surface area contributed by atoms with Gasteiger partial charge in [0.25, 0.3) is 0 Å². The molecule has 19 heavy (non-hydrogen) atoms. The van der Waals surface area contributed by atoms with E-state index in [9.17, 15) is 5.11 Å². The van der Waals surface area contributed by atoms with Crippen LogP contribution in [0.2, 0.25) is 0 Å². The first kappa shape index (κ1) is 14.2. The molecule has 0 fully saturated rings. The average Bonchev–Trinajstić information content (AvgIpc) is 2.95. The Morgan fingerprint density at radius 2 is 2.16 bits per heavy atom. The van der Waals surface area contributed by atoms with Gasteiger partial charge in [-0.1, -0.05) is 20.8 Å². The lowest BCUT2D eigenvalue weighted by Gasteiger charge is -2.14. The maximum atomic E-state index is 10.3. The molecule has 2 aromatic heterocycles. The highest BCUT2D eigenvalue weighted by Crippen LogP contribution is 2.28. The first-order valence-electron chi connectivity index (χ1n) is 6.55. The Kier molecular flexibility index (Phi) is 4.06. The van der Waals surface area contributed by atoms with Crippen molar-refractivity contribution in [3.8, 4) is 0 Å². The van der Waals surface area contributed by atoms with E-state index in [2.05, 4.69) is 37.7 Å². The van der Waals surface area contributed by atoms with E-state index in [1.807, 2.05) is 16.1 Å². The molecular weight excluding hydrogens is 258 g/mol. The molecule has 0 saturated carbocycles. The summed E-state index contributed by atoms with van der Waals surface area (Å²) in [7, 11) is 0. The zero-order valence-corrected chi connectivity index (χ0v) is 12.7. The molecule has 4 nitrogen and oxygen atoms in total. The lowest BCUT2D eigenvalue weighted by atomic mass is 9.98. The minimum absolute atomic E-state index is 0.0323. The predicted octanol–water partition coefficient (Wildman–Crippen LogP) is 2.93. The third-order valence-electron chi connectivity index (χ3n) is 3.02. The number of rotatable bonds is 4. The molecule has 0 amide bonds. The predicted molar refractivity (Wildman–Crippen MR) is 77.4 cm³/mol. The highest BCUT2D eigenvalue weighted by atomic mass is 32.1. The second-order valence-electron chi connectivity index (χ2n) is 5.68. The van der Waals surface area contributed by atoms with E-state index in [1.165, 1.54) is 0 Å². The van der Waals surface area contributed by atoms with Crippen molar-refractivity contribution < 1.29 is 5.11 Å². The van der Waals surface area contributed by atoms with Crippen molar-refractivity contribution in [3.63, 3.8) is 0 Å². The number of nitrogens with zero attached hydrogens (tertiary/aromatic N) is 3. The van der Waals surface area contributed by atoms with Gasteiger partial charge < -0.3 is 9.67 Å². The Labute approximate surface area is 118 Å². The van der Waals surface area contributed by atoms with Crippen molar-refractivity contribution in [2.75, 3.05) is 0 Å². The van der Waals surface area contributed by atoms with E-state index in [4.69, 9.17) is 0 Å². The van der Waals surface area contributed by atoms with Crippen molar-refractivity contribution in [1.29, 1.82) is 0 Å². The SMILES string of the molecule is CCn1ccnc1CC(O)c1csc(C(C)(C)C)n1. The average molecular weight is 279 g/mol. The van der Waals surface area contributed by atoms with Gasteiger partial charge >= 0.3 is 0 Å². The summed E-state index contributed by atoms with van der Waals surface area (Å²) in [5.41, 5.74) is 0.783. The molecule has 2 heterocycles. The minimum Gasteiger partial charge on any atom is -0.386 e. The molecule has 2 aromatic rings. The number of aryl methyl sites for hydroxylation is 1. The highest BCUT2D eigenvalue weighted by molar-refractivity contribution is 7.09. The molecule has 2 rings (SSSR count). The Balaban J connectivity index is 2.12. The Morgan fingerprint density at radius 1 is 1.42 bits per heavy atom. The summed E-state index contributed by atoms with van der Waals surface area (Å²) in [6.45, 7) is 9.33. The van der Waals surface area contributed by atoms with E-state index in [1.54, 1.807) is 17.5 Å². The number of thiazole rings is 1. The van der Waals surface area contributed by atoms with Gasteiger partial charge in [-0.3, -0.25) is 0 Å². The summed E-state index contributed by atoms with van der Waals surface area (Å²) >= 11 is 1.61. The van der Waals surface area contributed by atoms with Crippen LogP contribution < -0.4 is 0 Å². The number of aliphatic hydroxyl groups is 1. The van der Waals surface area contributed by atoms with Crippen molar-refractivity contribution in [2.24, 2.45) is 0 Å². The Morgan fingerprint density at radius 3 is 2.74 bits per heavy atom. The summed E-state index contributed by atoms with van der Waals surface area (Å²) in [5.74, 6) is 0.903. The topological polar surface area (TPSA) is 50.9 Å². The maximum Gasteiger partial charge on any atom is 0.111 e. The Hall–Kier alpha value is -1.20. The van der Waals surface area contributed by atoms with Crippen molar-refractivity contribution in [2.45, 2.75) is 52.2 Å². The maximum absolute atomic E-state index is 10.3. The number of aromatic nitrogens is 3. The lowest BCUT2D eigenvalue weighted by molar-refractivity contribution is 0.170. The third-order valence-corrected chi connectivity index (χ3v) is 4.31. The van der Waals surface area contributed by atoms with E-state index in [0.29, 0.717) is 6.42 Å². The van der Waals surface area contributed by atoms with Crippen LogP contribution in [0.15, 0.2) is 17.8 Å². The molecule has 0 aliphatic heterocycles. The minimum atomic E-state index is -0.583. The van der Waals surface area contributed by atoms with Crippen molar-refractivity contribution in [3.05, 3.63) is 34.3 Å². The summed E-state index contributed by atoms with van der Waals surface area (Å²) in [4.78, 5) is 8.84. The summed E-state index contributed by atoms with van der Waals surface area (Å²) in [6.07, 6.45) is 3.63. The zero-order valence-electron chi connectivity index (χ0n) is 11.9. The lowest BCUT2D eigenvalue weighted by Crippen LogP contribution is -2.12. The smallest absolute Gasteiger partial charge is 0.111 e. The molecule has 0 spiro atoms. The molecule has 0 radical (unpaired) electrons. The second kappa shape index (κ2) is 5.43. The normalized spacial score (nSPS) is 13.7. The van der Waals surface area contributed by atoms with Gasteiger partial charge in [0.1, 0.15) is 11.9 Å². The summed E-state index contributed by atoms with van der Waals surface area (Å²) in [5, 5.41) is 13.3.